The summed E-state index contributed by atoms with van der Waals surface area (Å²) >= 11 is 0. The summed E-state index contributed by atoms with van der Waals surface area (Å²) in [4.78, 5) is 4.03. The number of hydrogen-bond donors (Lipinski definition) is 0. The van der Waals surface area contributed by atoms with Crippen LogP contribution in [0.25, 0.3) is 0 Å². The lowest BCUT2D eigenvalue weighted by atomic mass is 9.38. The van der Waals surface area contributed by atoms with Crippen molar-refractivity contribution in [1.82, 2.24) is 9.55 Å². The van der Waals surface area contributed by atoms with Crippen molar-refractivity contribution in [3.8, 4) is 0 Å². The SMILES string of the molecule is C=CCB(c1ccccc1)c1ccccc1CC.CCCCCCCCCCn1ccnc1. The van der Waals surface area contributed by atoms with Crippen molar-refractivity contribution in [2.45, 2.75) is 84.5 Å². The van der Waals surface area contributed by atoms with Gasteiger partial charge in [0.15, 0.2) is 0 Å². The van der Waals surface area contributed by atoms with E-state index in [4.69, 9.17) is 0 Å². The zero-order valence-corrected chi connectivity index (χ0v) is 21.0. The van der Waals surface area contributed by atoms with E-state index in [1.165, 1.54) is 67.9 Å². The van der Waals surface area contributed by atoms with Crippen LogP contribution in [0, 0.1) is 0 Å². The molecule has 0 N–H and O–H groups in total. The van der Waals surface area contributed by atoms with Gasteiger partial charge >= 0.3 is 0 Å². The summed E-state index contributed by atoms with van der Waals surface area (Å²) in [6, 6.07) is 19.4. The highest BCUT2D eigenvalue weighted by Crippen LogP contribution is 2.09. The Hall–Kier alpha value is -2.55. The van der Waals surface area contributed by atoms with Crippen LogP contribution in [0.1, 0.15) is 70.8 Å². The van der Waals surface area contributed by atoms with E-state index in [1.54, 1.807) is 0 Å². The summed E-state index contributed by atoms with van der Waals surface area (Å²) in [6.07, 6.45) is 21.0. The van der Waals surface area contributed by atoms with Crippen molar-refractivity contribution in [2.75, 3.05) is 0 Å². The molecule has 0 radical (unpaired) electrons. The van der Waals surface area contributed by atoms with E-state index in [1.807, 2.05) is 24.8 Å². The predicted octanol–water partition coefficient (Wildman–Crippen LogP) is 7.07. The molecule has 0 aliphatic rings. The Morgan fingerprint density at radius 1 is 0.848 bits per heavy atom. The highest BCUT2D eigenvalue weighted by atomic mass is 15.0. The number of unbranched alkanes of at least 4 members (excludes halogenated alkanes) is 7. The van der Waals surface area contributed by atoms with Gasteiger partial charge in [0.1, 0.15) is 0 Å². The van der Waals surface area contributed by atoms with E-state index in [9.17, 15) is 0 Å². The van der Waals surface area contributed by atoms with Crippen molar-refractivity contribution in [1.29, 1.82) is 0 Å². The van der Waals surface area contributed by atoms with Gasteiger partial charge in [-0.3, -0.25) is 0 Å². The standard InChI is InChI=1S/C17H19B.C13H24N2/c1-3-14-18(16-11-6-5-7-12-16)17-13-9-8-10-15(17)4-2;1-2-3-4-5-6-7-8-9-11-15-12-10-14-13-15/h3,5-13H,1,4,14H2,2H3;10,12-13H,2-9,11H2,1H3. The molecule has 0 aliphatic carbocycles. The van der Waals surface area contributed by atoms with Crippen LogP contribution < -0.4 is 10.9 Å². The average Bonchev–Trinajstić information content (AvgIpc) is 3.39. The monoisotopic (exact) mass is 442 g/mol. The number of rotatable bonds is 14. The maximum atomic E-state index is 4.03. The molecule has 0 aliphatic heterocycles. The number of allylic oxidation sites excluding steroid dienone is 1. The Labute approximate surface area is 203 Å². The van der Waals surface area contributed by atoms with Gasteiger partial charge in [-0.05, 0) is 19.2 Å². The van der Waals surface area contributed by atoms with Crippen LogP contribution in [-0.4, -0.2) is 16.3 Å². The van der Waals surface area contributed by atoms with Gasteiger partial charge in [-0.1, -0.05) is 136 Å². The molecule has 1 heterocycles. The molecule has 3 rings (SSSR count). The van der Waals surface area contributed by atoms with Crippen molar-refractivity contribution >= 4 is 17.6 Å². The topological polar surface area (TPSA) is 17.8 Å². The van der Waals surface area contributed by atoms with E-state index >= 15 is 0 Å². The van der Waals surface area contributed by atoms with Crippen LogP contribution in [0.5, 0.6) is 0 Å². The fourth-order valence-electron chi connectivity index (χ4n) is 4.34. The van der Waals surface area contributed by atoms with E-state index in [0.717, 1.165) is 19.3 Å². The third-order valence-corrected chi connectivity index (χ3v) is 6.24. The van der Waals surface area contributed by atoms with Crippen LogP contribution in [0.3, 0.4) is 0 Å². The zero-order valence-electron chi connectivity index (χ0n) is 21.0. The molecular formula is C30H43BN2. The van der Waals surface area contributed by atoms with E-state index in [0.29, 0.717) is 6.71 Å². The zero-order chi connectivity index (χ0) is 23.6. The maximum absolute atomic E-state index is 4.03. The van der Waals surface area contributed by atoms with Crippen molar-refractivity contribution in [3.05, 3.63) is 91.5 Å². The first-order chi connectivity index (χ1) is 16.3. The summed E-state index contributed by atoms with van der Waals surface area (Å²) in [7, 11) is 0. The van der Waals surface area contributed by atoms with Crippen molar-refractivity contribution < 1.29 is 0 Å². The summed E-state index contributed by atoms with van der Waals surface area (Å²) in [5, 5.41) is 0. The minimum Gasteiger partial charge on any atom is -0.337 e. The lowest BCUT2D eigenvalue weighted by Crippen LogP contribution is -2.43. The highest BCUT2D eigenvalue weighted by molar-refractivity contribution is 6.85. The van der Waals surface area contributed by atoms with Gasteiger partial charge < -0.3 is 4.57 Å². The number of aromatic nitrogens is 2. The summed E-state index contributed by atoms with van der Waals surface area (Å²) in [5.74, 6) is 0. The molecule has 0 saturated heterocycles. The van der Waals surface area contributed by atoms with Crippen LogP contribution in [0.4, 0.5) is 0 Å². The number of hydrogen-bond acceptors (Lipinski definition) is 1. The lowest BCUT2D eigenvalue weighted by Gasteiger charge is -2.16. The molecule has 0 bridgehead atoms. The molecule has 33 heavy (non-hydrogen) atoms. The number of imidazole rings is 1. The van der Waals surface area contributed by atoms with E-state index < -0.39 is 0 Å². The molecule has 0 spiro atoms. The largest absolute Gasteiger partial charge is 0.337 e. The molecule has 3 heteroatoms. The second-order valence-electron chi connectivity index (χ2n) is 8.82. The molecule has 0 unspecified atom stereocenters. The van der Waals surface area contributed by atoms with Crippen LogP contribution in [0.15, 0.2) is 86.0 Å². The minimum absolute atomic E-state index is 0.430. The molecule has 1 aromatic heterocycles. The second-order valence-corrected chi connectivity index (χ2v) is 8.82. The van der Waals surface area contributed by atoms with Gasteiger partial charge in [0, 0.05) is 18.9 Å². The first kappa shape index (κ1) is 26.7. The predicted molar refractivity (Wildman–Crippen MR) is 147 cm³/mol. The van der Waals surface area contributed by atoms with Gasteiger partial charge in [0.25, 0.3) is 0 Å². The van der Waals surface area contributed by atoms with Gasteiger partial charge in [-0.2, -0.15) is 0 Å². The maximum Gasteiger partial charge on any atom is 0.213 e. The van der Waals surface area contributed by atoms with Gasteiger partial charge in [-0.15, -0.1) is 6.58 Å². The first-order valence-electron chi connectivity index (χ1n) is 13.0. The minimum atomic E-state index is 0.430. The molecule has 3 aromatic rings. The highest BCUT2D eigenvalue weighted by Gasteiger charge is 2.19. The Morgan fingerprint density at radius 3 is 2.15 bits per heavy atom. The van der Waals surface area contributed by atoms with Gasteiger partial charge in [0.05, 0.1) is 6.33 Å². The molecule has 0 amide bonds. The van der Waals surface area contributed by atoms with Crippen LogP contribution >= 0.6 is 0 Å². The summed E-state index contributed by atoms with van der Waals surface area (Å²) in [6.45, 7) is 9.96. The van der Waals surface area contributed by atoms with E-state index in [2.05, 4.69) is 84.6 Å². The molecule has 0 atom stereocenters. The third kappa shape index (κ3) is 10.3. The molecule has 2 aromatic carbocycles. The smallest absolute Gasteiger partial charge is 0.213 e. The fourth-order valence-corrected chi connectivity index (χ4v) is 4.34. The lowest BCUT2D eigenvalue weighted by molar-refractivity contribution is 0.543. The van der Waals surface area contributed by atoms with E-state index in [-0.39, 0.29) is 0 Å². The number of nitrogens with zero attached hydrogens (tertiary/aromatic N) is 2. The Balaban J connectivity index is 0.000000238. The van der Waals surface area contributed by atoms with Crippen LogP contribution in [-0.2, 0) is 13.0 Å². The van der Waals surface area contributed by atoms with Crippen LogP contribution in [0.2, 0.25) is 6.32 Å². The second kappa shape index (κ2) is 17.0. The fraction of sp³-hybridized carbons (Fsp3) is 0.433. The number of aryl methyl sites for hydroxylation is 2. The molecular weight excluding hydrogens is 399 g/mol. The quantitative estimate of drug-likeness (QED) is 0.148. The molecule has 2 nitrogen and oxygen atoms in total. The summed E-state index contributed by atoms with van der Waals surface area (Å²) in [5.41, 5.74) is 4.25. The first-order valence-corrected chi connectivity index (χ1v) is 13.0. The van der Waals surface area contributed by atoms with Crippen molar-refractivity contribution in [3.63, 3.8) is 0 Å². The van der Waals surface area contributed by atoms with Gasteiger partial charge in [0.2, 0.25) is 6.71 Å². The molecule has 0 saturated carbocycles. The Kier molecular flexibility index (Phi) is 13.8. The normalized spacial score (nSPS) is 10.4. The van der Waals surface area contributed by atoms with Gasteiger partial charge in [-0.25, -0.2) is 4.98 Å². The average molecular weight is 443 g/mol. The molecule has 0 fully saturated rings. The van der Waals surface area contributed by atoms with Crippen molar-refractivity contribution in [2.24, 2.45) is 0 Å². The Bertz CT molecular complexity index is 858. The summed E-state index contributed by atoms with van der Waals surface area (Å²) < 4.78 is 2.16. The number of benzene rings is 2. The Morgan fingerprint density at radius 2 is 1.52 bits per heavy atom. The third-order valence-electron chi connectivity index (χ3n) is 6.24. The molecule has 176 valence electrons.